The molecule has 0 saturated heterocycles. The van der Waals surface area contributed by atoms with Crippen molar-refractivity contribution in [2.45, 2.75) is 59.9 Å². The van der Waals surface area contributed by atoms with E-state index in [9.17, 15) is 18.9 Å². The zero-order valence-corrected chi connectivity index (χ0v) is 26.7. The van der Waals surface area contributed by atoms with Gasteiger partial charge in [-0.1, -0.05) is 0 Å². The van der Waals surface area contributed by atoms with Gasteiger partial charge in [-0.25, -0.2) is 4.57 Å². The van der Waals surface area contributed by atoms with Crippen molar-refractivity contribution in [2.24, 2.45) is 0 Å². The molecule has 0 unspecified atom stereocenters. The zero-order valence-electron chi connectivity index (χ0n) is 25.8. The molecule has 0 N–H and O–H groups in total. The van der Waals surface area contributed by atoms with E-state index in [-0.39, 0.29) is 35.0 Å². The van der Waals surface area contributed by atoms with Gasteiger partial charge >= 0.3 is 7.82 Å². The van der Waals surface area contributed by atoms with Crippen molar-refractivity contribution >= 4 is 25.2 Å². The molecule has 0 aliphatic carbocycles. The van der Waals surface area contributed by atoms with Crippen molar-refractivity contribution in [3.05, 3.63) is 89.5 Å². The lowest BCUT2D eigenvalue weighted by Gasteiger charge is -2.17. The summed E-state index contributed by atoms with van der Waals surface area (Å²) in [5.74, 6) is 0.186. The monoisotopic (exact) mass is 626 g/mol. The summed E-state index contributed by atoms with van der Waals surface area (Å²) in [5, 5.41) is 0. The number of hydrogen-bond acceptors (Lipinski definition) is 10. The van der Waals surface area contributed by atoms with E-state index in [1.54, 1.807) is 72.8 Å². The maximum absolute atomic E-state index is 13.6. The summed E-state index contributed by atoms with van der Waals surface area (Å²) in [6.07, 6.45) is -0.116. The molecule has 3 aromatic rings. The molecule has 0 fully saturated rings. The van der Waals surface area contributed by atoms with Gasteiger partial charge in [0, 0.05) is 16.7 Å². The molecule has 3 aromatic carbocycles. The van der Waals surface area contributed by atoms with Gasteiger partial charge in [0.1, 0.15) is 37.1 Å². The predicted octanol–water partition coefficient (Wildman–Crippen LogP) is 7.15. The first-order valence-corrected chi connectivity index (χ1v) is 15.7. The lowest BCUT2D eigenvalue weighted by molar-refractivity contribution is 0.0697. The van der Waals surface area contributed by atoms with Crippen LogP contribution in [0.4, 0.5) is 0 Å². The van der Waals surface area contributed by atoms with Crippen molar-refractivity contribution < 1.29 is 46.7 Å². The minimum Gasteiger partial charge on any atom is -0.491 e. The summed E-state index contributed by atoms with van der Waals surface area (Å²) in [5.41, 5.74) is 0.812. The quantitative estimate of drug-likeness (QED) is 0.106. The van der Waals surface area contributed by atoms with E-state index in [0.717, 1.165) is 0 Å². The molecule has 3 rings (SSSR count). The number of carbonyl (C=O) groups excluding carboxylic acids is 3. The Balaban J connectivity index is 1.69. The first-order chi connectivity index (χ1) is 20.8. The van der Waals surface area contributed by atoms with Crippen LogP contribution < -0.4 is 14.2 Å². The Bertz CT molecular complexity index is 1250. The van der Waals surface area contributed by atoms with Gasteiger partial charge < -0.3 is 14.2 Å². The highest BCUT2D eigenvalue weighted by atomic mass is 31.2. The van der Waals surface area contributed by atoms with Crippen LogP contribution in [0.3, 0.4) is 0 Å². The molecule has 0 aromatic heterocycles. The number of ether oxygens (including phenoxy) is 3. The van der Waals surface area contributed by atoms with Crippen LogP contribution in [0.1, 0.15) is 72.6 Å². The molecular weight excluding hydrogens is 587 g/mol. The van der Waals surface area contributed by atoms with Gasteiger partial charge in [-0.15, -0.1) is 0 Å². The number of benzene rings is 3. The Hall–Kier alpha value is -3.82. The maximum Gasteiger partial charge on any atom is 0.476 e. The molecule has 0 heterocycles. The number of phosphoric ester groups is 1. The molecule has 0 aliphatic rings. The van der Waals surface area contributed by atoms with Crippen LogP contribution in [-0.4, -0.2) is 55.5 Å². The smallest absolute Gasteiger partial charge is 0.476 e. The highest BCUT2D eigenvalue weighted by molar-refractivity contribution is 7.48. The number of hydrogen-bond donors (Lipinski definition) is 0. The predicted molar refractivity (Wildman–Crippen MR) is 165 cm³/mol. The van der Waals surface area contributed by atoms with Gasteiger partial charge in [-0.2, -0.15) is 0 Å². The van der Waals surface area contributed by atoms with Gasteiger partial charge in [0.25, 0.3) is 0 Å². The summed E-state index contributed by atoms with van der Waals surface area (Å²) in [7, 11) is -4.56. The fourth-order valence-electron chi connectivity index (χ4n) is 3.75. The third-order valence-corrected chi connectivity index (χ3v) is 7.04. The van der Waals surface area contributed by atoms with Gasteiger partial charge in [0.15, 0.2) is 17.3 Å². The molecule has 0 amide bonds. The Labute approximate surface area is 258 Å². The SMILES string of the molecule is CC(C)Oc1ccc(C(=O)COP(=O)(OCC(=O)c2ccc(OC(C)C)cc2)OCC(=O)c2ccc(OC(C)C)cc2)cc1. The molecule has 0 radical (unpaired) electrons. The molecule has 0 atom stereocenters. The highest BCUT2D eigenvalue weighted by Gasteiger charge is 2.31. The van der Waals surface area contributed by atoms with Crippen LogP contribution in [0.5, 0.6) is 17.2 Å². The summed E-state index contributed by atoms with van der Waals surface area (Å²) in [4.78, 5) is 38.4. The van der Waals surface area contributed by atoms with Gasteiger partial charge in [0.2, 0.25) is 0 Å². The third-order valence-electron chi connectivity index (χ3n) is 5.71. The van der Waals surface area contributed by atoms with E-state index in [2.05, 4.69) is 0 Å². The van der Waals surface area contributed by atoms with E-state index >= 15 is 0 Å². The highest BCUT2D eigenvalue weighted by Crippen LogP contribution is 2.49. The van der Waals surface area contributed by atoms with Crippen molar-refractivity contribution in [3.8, 4) is 17.2 Å². The lowest BCUT2D eigenvalue weighted by Crippen LogP contribution is -2.16. The molecule has 0 saturated carbocycles. The molecule has 0 bridgehead atoms. The first kappa shape index (κ1) is 34.7. The Morgan fingerprint density at radius 1 is 0.477 bits per heavy atom. The third kappa shape index (κ3) is 11.4. The average molecular weight is 627 g/mol. The number of phosphoric acid groups is 1. The van der Waals surface area contributed by atoms with Crippen molar-refractivity contribution in [2.75, 3.05) is 19.8 Å². The second-order valence-electron chi connectivity index (χ2n) is 10.6. The summed E-state index contributed by atoms with van der Waals surface area (Å²) < 4.78 is 46.3. The van der Waals surface area contributed by atoms with Crippen LogP contribution in [-0.2, 0) is 18.1 Å². The minimum absolute atomic E-state index is 0.0388. The summed E-state index contributed by atoms with van der Waals surface area (Å²) in [6.45, 7) is 9.23. The molecule has 11 heteroatoms. The topological polar surface area (TPSA) is 124 Å². The molecule has 10 nitrogen and oxygen atoms in total. The Morgan fingerprint density at radius 2 is 0.705 bits per heavy atom. The molecular formula is C33H39O10P. The van der Waals surface area contributed by atoms with E-state index in [1.165, 1.54) is 0 Å². The number of Topliss-reactive ketones (excluding diaryl/α,β-unsaturated/α-hetero) is 3. The van der Waals surface area contributed by atoms with E-state index < -0.39 is 45.0 Å². The number of ketones is 3. The molecule has 44 heavy (non-hydrogen) atoms. The minimum atomic E-state index is -4.56. The fourth-order valence-corrected chi connectivity index (χ4v) is 4.80. The molecule has 236 valence electrons. The Morgan fingerprint density at radius 3 is 0.909 bits per heavy atom. The van der Waals surface area contributed by atoms with Crippen molar-refractivity contribution in [1.29, 1.82) is 0 Å². The van der Waals surface area contributed by atoms with Crippen LogP contribution in [0.2, 0.25) is 0 Å². The largest absolute Gasteiger partial charge is 0.491 e. The molecule has 0 spiro atoms. The van der Waals surface area contributed by atoms with E-state index in [4.69, 9.17) is 27.8 Å². The summed E-state index contributed by atoms with van der Waals surface area (Å²) in [6, 6.07) is 19.1. The van der Waals surface area contributed by atoms with E-state index in [1.807, 2.05) is 41.5 Å². The normalized spacial score (nSPS) is 11.6. The van der Waals surface area contributed by atoms with Gasteiger partial charge in [-0.3, -0.25) is 28.0 Å². The van der Waals surface area contributed by atoms with E-state index in [0.29, 0.717) is 17.2 Å². The van der Waals surface area contributed by atoms with Crippen LogP contribution in [0.25, 0.3) is 0 Å². The number of rotatable bonds is 18. The first-order valence-electron chi connectivity index (χ1n) is 14.3. The maximum atomic E-state index is 13.6. The zero-order chi connectivity index (χ0) is 32.3. The standard InChI is InChI=1S/C33H39O10P/c1-22(2)41-28-13-7-25(8-14-28)31(34)19-38-44(37,39-20-32(35)26-9-15-29(16-10-26)42-23(3)4)40-21-33(36)27-11-17-30(18-12-27)43-24(5)6/h7-18,22-24H,19-21H2,1-6H3. The van der Waals surface area contributed by atoms with Crippen molar-refractivity contribution in [1.82, 2.24) is 0 Å². The van der Waals surface area contributed by atoms with Gasteiger partial charge in [-0.05, 0) is 114 Å². The molecule has 0 aliphatic heterocycles. The van der Waals surface area contributed by atoms with Crippen LogP contribution >= 0.6 is 7.82 Å². The van der Waals surface area contributed by atoms with Crippen LogP contribution in [0, 0.1) is 0 Å². The average Bonchev–Trinajstić information content (AvgIpc) is 2.98. The Kier molecular flexibility index (Phi) is 12.8. The second-order valence-corrected chi connectivity index (χ2v) is 12.3. The number of carbonyl (C=O) groups is 3. The van der Waals surface area contributed by atoms with Gasteiger partial charge in [0.05, 0.1) is 18.3 Å². The summed E-state index contributed by atoms with van der Waals surface area (Å²) >= 11 is 0. The fraction of sp³-hybridized carbons (Fsp3) is 0.364. The second kappa shape index (κ2) is 16.3. The van der Waals surface area contributed by atoms with Crippen LogP contribution in [0.15, 0.2) is 72.8 Å². The lowest BCUT2D eigenvalue weighted by atomic mass is 10.1. The van der Waals surface area contributed by atoms with Crippen molar-refractivity contribution in [3.63, 3.8) is 0 Å².